The molecular weight excluding hydrogens is 288 g/mol. The molecule has 0 heterocycles. The Hall–Kier alpha value is -1.69. The molecular formula is C11H11BrN2O3. The molecule has 0 aromatic heterocycles. The second-order valence-electron chi connectivity index (χ2n) is 3.56. The number of carbonyl (C=O) groups is 1. The molecule has 0 spiro atoms. The van der Waals surface area contributed by atoms with E-state index >= 15 is 0 Å². The molecule has 0 atom stereocenters. The summed E-state index contributed by atoms with van der Waals surface area (Å²) < 4.78 is 0.346. The fourth-order valence-electron chi connectivity index (χ4n) is 1.13. The summed E-state index contributed by atoms with van der Waals surface area (Å²) in [6.45, 7) is 5.78. The molecule has 1 aromatic rings. The van der Waals surface area contributed by atoms with Crippen molar-refractivity contribution in [3.63, 3.8) is 0 Å². The lowest BCUT2D eigenvalue weighted by Gasteiger charge is -2.05. The van der Waals surface area contributed by atoms with Crippen LogP contribution in [-0.2, 0) is 0 Å². The summed E-state index contributed by atoms with van der Waals surface area (Å²) in [7, 11) is 0. The Morgan fingerprint density at radius 1 is 1.59 bits per heavy atom. The van der Waals surface area contributed by atoms with Gasteiger partial charge in [-0.15, -0.1) is 0 Å². The highest BCUT2D eigenvalue weighted by Gasteiger charge is 2.15. The van der Waals surface area contributed by atoms with Crippen LogP contribution in [-0.4, -0.2) is 17.4 Å². The summed E-state index contributed by atoms with van der Waals surface area (Å²) in [5, 5.41) is 13.3. The van der Waals surface area contributed by atoms with Crippen LogP contribution in [0.5, 0.6) is 0 Å². The van der Waals surface area contributed by atoms with E-state index in [1.807, 2.05) is 0 Å². The quantitative estimate of drug-likeness (QED) is 0.528. The molecule has 1 rings (SSSR count). The number of hydrogen-bond donors (Lipinski definition) is 1. The molecule has 5 nitrogen and oxygen atoms in total. The van der Waals surface area contributed by atoms with Gasteiger partial charge in [0.15, 0.2) is 0 Å². The van der Waals surface area contributed by atoms with Crippen molar-refractivity contribution in [1.29, 1.82) is 0 Å². The van der Waals surface area contributed by atoms with Gasteiger partial charge in [0, 0.05) is 18.2 Å². The Kier molecular flexibility index (Phi) is 4.39. The van der Waals surface area contributed by atoms with Crippen LogP contribution >= 0.6 is 15.9 Å². The number of rotatable bonds is 4. The normalized spacial score (nSPS) is 9.76. The van der Waals surface area contributed by atoms with E-state index in [1.165, 1.54) is 18.2 Å². The molecule has 0 saturated carbocycles. The van der Waals surface area contributed by atoms with Crippen LogP contribution in [0.1, 0.15) is 17.3 Å². The molecule has 90 valence electrons. The van der Waals surface area contributed by atoms with Gasteiger partial charge in [0.2, 0.25) is 0 Å². The molecule has 0 aliphatic rings. The number of halogens is 1. The van der Waals surface area contributed by atoms with Crippen molar-refractivity contribution in [1.82, 2.24) is 5.32 Å². The highest BCUT2D eigenvalue weighted by atomic mass is 79.9. The molecule has 1 aromatic carbocycles. The Labute approximate surface area is 107 Å². The van der Waals surface area contributed by atoms with E-state index in [2.05, 4.69) is 27.8 Å². The minimum Gasteiger partial charge on any atom is -0.348 e. The molecule has 0 fully saturated rings. The summed E-state index contributed by atoms with van der Waals surface area (Å²) in [4.78, 5) is 21.8. The second kappa shape index (κ2) is 5.58. The topological polar surface area (TPSA) is 72.2 Å². The van der Waals surface area contributed by atoms with Gasteiger partial charge < -0.3 is 5.32 Å². The monoisotopic (exact) mass is 298 g/mol. The predicted octanol–water partition coefficient (Wildman–Crippen LogP) is 2.66. The maximum atomic E-state index is 11.6. The van der Waals surface area contributed by atoms with Gasteiger partial charge >= 0.3 is 0 Å². The van der Waals surface area contributed by atoms with Gasteiger partial charge in [0.1, 0.15) is 0 Å². The molecule has 6 heteroatoms. The number of nitro groups is 1. The minimum absolute atomic E-state index is 0.132. The zero-order valence-electron chi connectivity index (χ0n) is 9.20. The van der Waals surface area contributed by atoms with Crippen molar-refractivity contribution in [2.24, 2.45) is 0 Å². The van der Waals surface area contributed by atoms with Gasteiger partial charge in [-0.1, -0.05) is 12.2 Å². The molecule has 0 saturated heterocycles. The zero-order chi connectivity index (χ0) is 13.0. The standard InChI is InChI=1S/C11H11BrN2O3/c1-7(2)6-13-11(15)8-3-4-9(12)10(5-8)14(16)17/h3-5H,1,6H2,2H3,(H,13,15). The summed E-state index contributed by atoms with van der Waals surface area (Å²) in [6, 6.07) is 4.23. The lowest BCUT2D eigenvalue weighted by Crippen LogP contribution is -2.24. The Morgan fingerprint density at radius 2 is 2.24 bits per heavy atom. The highest BCUT2D eigenvalue weighted by molar-refractivity contribution is 9.10. The number of amides is 1. The van der Waals surface area contributed by atoms with Crippen molar-refractivity contribution in [2.45, 2.75) is 6.92 Å². The van der Waals surface area contributed by atoms with Crippen molar-refractivity contribution < 1.29 is 9.72 Å². The summed E-state index contributed by atoms with van der Waals surface area (Å²) in [5.74, 6) is -0.358. The van der Waals surface area contributed by atoms with Gasteiger partial charge in [-0.2, -0.15) is 0 Å². The lowest BCUT2D eigenvalue weighted by molar-refractivity contribution is -0.385. The molecule has 0 radical (unpaired) electrons. The van der Waals surface area contributed by atoms with E-state index in [0.29, 0.717) is 11.0 Å². The molecule has 17 heavy (non-hydrogen) atoms. The fraction of sp³-hybridized carbons (Fsp3) is 0.182. The van der Waals surface area contributed by atoms with Gasteiger partial charge in [-0.05, 0) is 35.0 Å². The highest BCUT2D eigenvalue weighted by Crippen LogP contribution is 2.25. The first kappa shape index (κ1) is 13.4. The first-order valence-electron chi connectivity index (χ1n) is 4.78. The SMILES string of the molecule is C=C(C)CNC(=O)c1ccc(Br)c([N+](=O)[O-])c1. The third-order valence-corrected chi connectivity index (χ3v) is 2.63. The summed E-state index contributed by atoms with van der Waals surface area (Å²) in [6.07, 6.45) is 0. The Bertz CT molecular complexity index is 486. The maximum absolute atomic E-state index is 11.6. The van der Waals surface area contributed by atoms with Gasteiger partial charge in [-0.3, -0.25) is 14.9 Å². The van der Waals surface area contributed by atoms with Crippen molar-refractivity contribution in [3.05, 3.63) is 50.5 Å². The number of nitrogens with zero attached hydrogens (tertiary/aromatic N) is 1. The third kappa shape index (κ3) is 3.67. The van der Waals surface area contributed by atoms with E-state index in [-0.39, 0.29) is 17.2 Å². The van der Waals surface area contributed by atoms with Crippen LogP contribution in [0.15, 0.2) is 34.8 Å². The van der Waals surface area contributed by atoms with Gasteiger partial charge in [0.05, 0.1) is 9.40 Å². The van der Waals surface area contributed by atoms with E-state index in [4.69, 9.17) is 0 Å². The zero-order valence-corrected chi connectivity index (χ0v) is 10.8. The first-order chi connectivity index (χ1) is 7.91. The molecule has 0 aliphatic heterocycles. The van der Waals surface area contributed by atoms with Gasteiger partial charge in [0.25, 0.3) is 11.6 Å². The summed E-state index contributed by atoms with van der Waals surface area (Å²) >= 11 is 3.05. The number of nitrogens with one attached hydrogen (secondary N) is 1. The Morgan fingerprint density at radius 3 is 2.76 bits per heavy atom. The molecule has 1 N–H and O–H groups in total. The maximum Gasteiger partial charge on any atom is 0.284 e. The van der Waals surface area contributed by atoms with E-state index in [0.717, 1.165) is 5.57 Å². The molecule has 1 amide bonds. The average molecular weight is 299 g/mol. The largest absolute Gasteiger partial charge is 0.348 e. The first-order valence-corrected chi connectivity index (χ1v) is 5.57. The fourth-order valence-corrected chi connectivity index (χ4v) is 1.52. The van der Waals surface area contributed by atoms with Gasteiger partial charge in [-0.25, -0.2) is 0 Å². The van der Waals surface area contributed by atoms with Crippen molar-refractivity contribution in [3.8, 4) is 0 Å². The van der Waals surface area contributed by atoms with E-state index in [1.54, 1.807) is 6.92 Å². The van der Waals surface area contributed by atoms with E-state index < -0.39 is 4.92 Å². The van der Waals surface area contributed by atoms with E-state index in [9.17, 15) is 14.9 Å². The molecule has 0 bridgehead atoms. The van der Waals surface area contributed by atoms with Crippen LogP contribution in [0.2, 0.25) is 0 Å². The number of benzene rings is 1. The summed E-state index contributed by atoms with van der Waals surface area (Å²) in [5.41, 5.74) is 0.930. The second-order valence-corrected chi connectivity index (χ2v) is 4.42. The average Bonchev–Trinajstić information content (AvgIpc) is 2.26. The van der Waals surface area contributed by atoms with Crippen LogP contribution < -0.4 is 5.32 Å². The van der Waals surface area contributed by atoms with Crippen LogP contribution in [0.25, 0.3) is 0 Å². The number of nitro benzene ring substituents is 1. The number of hydrogen-bond acceptors (Lipinski definition) is 3. The Balaban J connectivity index is 2.92. The molecule has 0 aliphatic carbocycles. The number of carbonyl (C=O) groups excluding carboxylic acids is 1. The molecule has 0 unspecified atom stereocenters. The van der Waals surface area contributed by atoms with Crippen LogP contribution in [0.4, 0.5) is 5.69 Å². The van der Waals surface area contributed by atoms with Crippen molar-refractivity contribution >= 4 is 27.5 Å². The van der Waals surface area contributed by atoms with Crippen molar-refractivity contribution in [2.75, 3.05) is 6.54 Å². The predicted molar refractivity (Wildman–Crippen MR) is 67.9 cm³/mol. The van der Waals surface area contributed by atoms with Crippen LogP contribution in [0, 0.1) is 10.1 Å². The third-order valence-electron chi connectivity index (χ3n) is 1.96. The smallest absolute Gasteiger partial charge is 0.284 e. The minimum atomic E-state index is -0.542. The van der Waals surface area contributed by atoms with Crippen LogP contribution in [0.3, 0.4) is 0 Å². The lowest BCUT2D eigenvalue weighted by atomic mass is 10.2.